The fourth-order valence-corrected chi connectivity index (χ4v) is 7.72. The van der Waals surface area contributed by atoms with Crippen molar-refractivity contribution < 1.29 is 37.5 Å². The summed E-state index contributed by atoms with van der Waals surface area (Å²) in [6.07, 6.45) is 4.38. The molecule has 0 fully saturated rings. The summed E-state index contributed by atoms with van der Waals surface area (Å²) in [6.45, 7) is 4.26. The van der Waals surface area contributed by atoms with Gasteiger partial charge in [-0.1, -0.05) is 51.7 Å². The van der Waals surface area contributed by atoms with Crippen molar-refractivity contribution in [2.75, 3.05) is 45.9 Å². The molecular formula is C29H45IN2O3S. The van der Waals surface area contributed by atoms with Gasteiger partial charge in [-0.05, 0) is 48.2 Å². The molecule has 0 aromatic heterocycles. The maximum absolute atomic E-state index is 13.9. The molecule has 0 amide bonds. The van der Waals surface area contributed by atoms with E-state index in [-0.39, 0.29) is 29.7 Å². The number of sulfone groups is 1. The van der Waals surface area contributed by atoms with Crippen LogP contribution in [0.15, 0.2) is 47.4 Å². The van der Waals surface area contributed by atoms with Crippen LogP contribution >= 0.6 is 0 Å². The summed E-state index contributed by atoms with van der Waals surface area (Å²) in [7, 11) is 6.71. The maximum Gasteiger partial charge on any atom is 0.179 e. The Morgan fingerprint density at radius 3 is 2.14 bits per heavy atom. The molecule has 0 bridgehead atoms. The van der Waals surface area contributed by atoms with Gasteiger partial charge in [0.1, 0.15) is 5.69 Å². The minimum absolute atomic E-state index is 0. The Morgan fingerprint density at radius 2 is 1.61 bits per heavy atom. The zero-order valence-corrected chi connectivity index (χ0v) is 26.1. The van der Waals surface area contributed by atoms with Crippen molar-refractivity contribution in [3.8, 4) is 0 Å². The molecule has 202 valence electrons. The molecule has 0 radical (unpaired) electrons. The van der Waals surface area contributed by atoms with E-state index in [1.807, 2.05) is 37.2 Å². The van der Waals surface area contributed by atoms with Gasteiger partial charge in [0.05, 0.1) is 37.9 Å². The molecular weight excluding hydrogens is 583 g/mol. The van der Waals surface area contributed by atoms with Gasteiger partial charge in [0.2, 0.25) is 0 Å². The van der Waals surface area contributed by atoms with Crippen molar-refractivity contribution in [3.05, 3.63) is 53.6 Å². The summed E-state index contributed by atoms with van der Waals surface area (Å²) in [5, 5.41) is 12.3. The second-order valence-corrected chi connectivity index (χ2v) is 13.4. The first-order chi connectivity index (χ1) is 16.4. The molecule has 7 heteroatoms. The number of unbranched alkanes of at least 4 members (excludes halogenated alkanes) is 2. The summed E-state index contributed by atoms with van der Waals surface area (Å²) in [6, 6.07) is 14.0. The second-order valence-electron chi connectivity index (χ2n) is 11.5. The Bertz CT molecular complexity index is 1120. The first-order valence-corrected chi connectivity index (χ1v) is 14.7. The van der Waals surface area contributed by atoms with E-state index in [0.717, 1.165) is 48.2 Å². The van der Waals surface area contributed by atoms with E-state index in [1.165, 1.54) is 0 Å². The van der Waals surface area contributed by atoms with Crippen LogP contribution in [-0.4, -0.2) is 60.6 Å². The van der Waals surface area contributed by atoms with Crippen LogP contribution in [0.3, 0.4) is 0 Å². The lowest BCUT2D eigenvalue weighted by atomic mass is 9.68. The van der Waals surface area contributed by atoms with Crippen LogP contribution < -0.4 is 33.4 Å². The van der Waals surface area contributed by atoms with Gasteiger partial charge in [0, 0.05) is 37.2 Å². The van der Waals surface area contributed by atoms with E-state index in [4.69, 9.17) is 0 Å². The number of benzene rings is 2. The van der Waals surface area contributed by atoms with Gasteiger partial charge in [-0.15, -0.1) is 0 Å². The van der Waals surface area contributed by atoms with E-state index < -0.39 is 27.3 Å². The van der Waals surface area contributed by atoms with Crippen LogP contribution in [0.2, 0.25) is 0 Å². The lowest BCUT2D eigenvalue weighted by molar-refractivity contribution is -0.0000146. The van der Waals surface area contributed by atoms with Crippen LogP contribution in [0, 0.1) is 5.41 Å². The predicted octanol–water partition coefficient (Wildman–Crippen LogP) is 2.60. The molecule has 36 heavy (non-hydrogen) atoms. The molecule has 1 aliphatic heterocycles. The van der Waals surface area contributed by atoms with Gasteiger partial charge in [-0.25, -0.2) is 8.42 Å². The highest BCUT2D eigenvalue weighted by Gasteiger charge is 2.49. The topological polar surface area (TPSA) is 57.6 Å². The van der Waals surface area contributed by atoms with Gasteiger partial charge in [0.25, 0.3) is 0 Å². The van der Waals surface area contributed by atoms with E-state index >= 15 is 0 Å². The van der Waals surface area contributed by atoms with Crippen LogP contribution in [0.1, 0.15) is 69.4 Å². The SMILES string of the molecule is CCCCC1(CCCC)CS(=O)(=O)c2ccc(N(C)C)cc2[C@@H](c2cccc([N+](C)(C)C)c2)[C@H]1O.[I-]. The highest BCUT2D eigenvalue weighted by molar-refractivity contribution is 7.91. The van der Waals surface area contributed by atoms with Crippen molar-refractivity contribution >= 4 is 21.2 Å². The number of fused-ring (bicyclic) bond motifs is 1. The monoisotopic (exact) mass is 628 g/mol. The van der Waals surface area contributed by atoms with Crippen LogP contribution in [0.25, 0.3) is 0 Å². The number of hydrogen-bond donors (Lipinski definition) is 1. The zero-order chi connectivity index (χ0) is 26.0. The number of aliphatic hydroxyl groups is 1. The van der Waals surface area contributed by atoms with E-state index in [9.17, 15) is 13.5 Å². The molecule has 2 atom stereocenters. The third-order valence-electron chi connectivity index (χ3n) is 7.66. The molecule has 1 aliphatic rings. The first-order valence-electron chi connectivity index (χ1n) is 13.0. The fraction of sp³-hybridized carbons (Fsp3) is 0.586. The quantitative estimate of drug-likeness (QED) is 0.343. The molecule has 0 unspecified atom stereocenters. The van der Waals surface area contributed by atoms with E-state index in [1.54, 1.807) is 6.07 Å². The van der Waals surface area contributed by atoms with E-state index in [2.05, 4.69) is 53.2 Å². The van der Waals surface area contributed by atoms with Crippen molar-refractivity contribution in [3.63, 3.8) is 0 Å². The predicted molar refractivity (Wildman–Crippen MR) is 148 cm³/mol. The van der Waals surface area contributed by atoms with Gasteiger partial charge in [-0.2, -0.15) is 0 Å². The summed E-state index contributed by atoms with van der Waals surface area (Å²) in [4.78, 5) is 2.36. The highest BCUT2D eigenvalue weighted by atomic mass is 127. The van der Waals surface area contributed by atoms with Crippen molar-refractivity contribution in [2.45, 2.75) is 69.3 Å². The second kappa shape index (κ2) is 12.1. The fourth-order valence-electron chi connectivity index (χ4n) is 5.53. The minimum Gasteiger partial charge on any atom is -1.00 e. The van der Waals surface area contributed by atoms with Gasteiger partial charge in [0.15, 0.2) is 9.84 Å². The number of rotatable bonds is 9. The Morgan fingerprint density at radius 1 is 1.00 bits per heavy atom. The number of aliphatic hydroxyl groups excluding tert-OH is 1. The van der Waals surface area contributed by atoms with Gasteiger partial charge < -0.3 is 34.0 Å². The Kier molecular flexibility index (Phi) is 10.5. The average molecular weight is 629 g/mol. The number of quaternary nitrogens is 1. The number of anilines is 1. The third kappa shape index (κ3) is 6.45. The van der Waals surface area contributed by atoms with Crippen molar-refractivity contribution in [2.24, 2.45) is 5.41 Å². The largest absolute Gasteiger partial charge is 1.00 e. The van der Waals surface area contributed by atoms with Gasteiger partial charge >= 0.3 is 0 Å². The lowest BCUT2D eigenvalue weighted by Crippen LogP contribution is -3.00. The molecule has 0 saturated heterocycles. The molecule has 5 nitrogen and oxygen atoms in total. The Labute approximate surface area is 236 Å². The average Bonchev–Trinajstić information content (AvgIpc) is 2.86. The van der Waals surface area contributed by atoms with E-state index in [0.29, 0.717) is 22.2 Å². The molecule has 0 aliphatic carbocycles. The third-order valence-corrected chi connectivity index (χ3v) is 9.66. The molecule has 3 rings (SSSR count). The molecule has 0 saturated carbocycles. The molecule has 2 aromatic rings. The summed E-state index contributed by atoms with van der Waals surface area (Å²) >= 11 is 0. The Hall–Kier alpha value is -1.16. The maximum atomic E-state index is 13.9. The summed E-state index contributed by atoms with van der Waals surface area (Å²) in [5.41, 5.74) is 3.08. The Balaban J connectivity index is 0.00000456. The first kappa shape index (κ1) is 31.1. The summed E-state index contributed by atoms with van der Waals surface area (Å²) < 4.78 is 28.5. The van der Waals surface area contributed by atoms with Crippen LogP contribution in [0.4, 0.5) is 11.4 Å². The minimum atomic E-state index is -3.58. The smallest absolute Gasteiger partial charge is 0.179 e. The highest BCUT2D eigenvalue weighted by Crippen LogP contribution is 2.50. The summed E-state index contributed by atoms with van der Waals surface area (Å²) in [5.74, 6) is -0.413. The number of halogens is 1. The molecule has 1 N–H and O–H groups in total. The van der Waals surface area contributed by atoms with Crippen molar-refractivity contribution in [1.82, 2.24) is 4.48 Å². The standard InChI is InChI=1S/C29H45N2O3S.HI/c1-8-10-17-29(18-11-9-2)21-35(33,34)26-16-15-23(30(3)4)20-25(26)27(28(29)32)22-13-12-14-24(19-22)31(5,6)7;/h12-16,19-20,27-28,32H,8-11,17-18,21H2,1-7H3;1H/q+1;/p-1/t27-,28-;/m1./s1. The number of nitrogens with zero attached hydrogens (tertiary/aromatic N) is 2. The molecule has 0 spiro atoms. The number of hydrogen-bond acceptors (Lipinski definition) is 4. The van der Waals surface area contributed by atoms with Crippen molar-refractivity contribution in [1.29, 1.82) is 0 Å². The van der Waals surface area contributed by atoms with Gasteiger partial charge in [-0.3, -0.25) is 4.48 Å². The zero-order valence-electron chi connectivity index (χ0n) is 23.1. The molecule has 1 heterocycles. The van der Waals surface area contributed by atoms with Crippen LogP contribution in [0.5, 0.6) is 0 Å². The lowest BCUT2D eigenvalue weighted by Gasteiger charge is -2.40. The molecule has 2 aromatic carbocycles. The normalized spacial score (nSPS) is 20.7. The van der Waals surface area contributed by atoms with Crippen LogP contribution in [-0.2, 0) is 9.84 Å².